The van der Waals surface area contributed by atoms with Crippen LogP contribution in [-0.2, 0) is 11.3 Å². The van der Waals surface area contributed by atoms with E-state index in [1.165, 1.54) is 55.4 Å². The van der Waals surface area contributed by atoms with Gasteiger partial charge in [0, 0.05) is 26.7 Å². The Bertz CT molecular complexity index is 1130. The molecule has 28 heavy (non-hydrogen) atoms. The van der Waals surface area contributed by atoms with Crippen molar-refractivity contribution < 1.29 is 19.1 Å². The molecule has 0 atom stereocenters. The van der Waals surface area contributed by atoms with E-state index in [1.807, 2.05) is 0 Å². The van der Waals surface area contributed by atoms with Crippen molar-refractivity contribution in [3.63, 3.8) is 0 Å². The van der Waals surface area contributed by atoms with Crippen LogP contribution < -0.4 is 15.8 Å². The molecule has 3 aromatic rings. The molecular weight excluding hydrogens is 367 g/mol. The maximum Gasteiger partial charge on any atom is 0.300 e. The van der Waals surface area contributed by atoms with Gasteiger partial charge in [-0.15, -0.1) is 0 Å². The van der Waals surface area contributed by atoms with Gasteiger partial charge in [-0.2, -0.15) is 0 Å². The van der Waals surface area contributed by atoms with Crippen LogP contribution in [0.25, 0.3) is 5.65 Å². The standard InChI is InChI=1S/C19H17FN4O4/c1-11(25)23(2)14-4-3-9-24-17(14)22-15(16(26)19(24)28)18(27)21-10-12-5-7-13(20)8-6-12/h3-9,26H,10H2,1-2H3,(H,21,27). The minimum atomic E-state index is -0.837. The van der Waals surface area contributed by atoms with E-state index in [-0.39, 0.29) is 18.1 Å². The lowest BCUT2D eigenvalue weighted by Crippen LogP contribution is -2.29. The normalized spacial score (nSPS) is 10.7. The van der Waals surface area contributed by atoms with Gasteiger partial charge in [0.15, 0.2) is 11.3 Å². The number of hydrogen-bond acceptors (Lipinski definition) is 5. The molecule has 8 nitrogen and oxygen atoms in total. The lowest BCUT2D eigenvalue weighted by Gasteiger charge is -2.17. The number of carbonyl (C=O) groups excluding carboxylic acids is 2. The van der Waals surface area contributed by atoms with Crippen LogP contribution in [0.3, 0.4) is 0 Å². The number of carbonyl (C=O) groups is 2. The summed E-state index contributed by atoms with van der Waals surface area (Å²) in [7, 11) is 1.50. The van der Waals surface area contributed by atoms with Gasteiger partial charge < -0.3 is 15.3 Å². The second-order valence-corrected chi connectivity index (χ2v) is 6.09. The van der Waals surface area contributed by atoms with Gasteiger partial charge in [0.2, 0.25) is 11.7 Å². The number of nitrogens with zero attached hydrogens (tertiary/aromatic N) is 3. The third-order valence-electron chi connectivity index (χ3n) is 4.23. The topological polar surface area (TPSA) is 104 Å². The SMILES string of the molecule is CC(=O)N(C)c1cccn2c(=O)c(O)c(C(=O)NCc3ccc(F)cc3)nc12. The third kappa shape index (κ3) is 3.54. The Hall–Kier alpha value is -3.75. The summed E-state index contributed by atoms with van der Waals surface area (Å²) in [5.41, 5.74) is -0.314. The highest BCUT2D eigenvalue weighted by Gasteiger charge is 2.21. The van der Waals surface area contributed by atoms with Gasteiger partial charge in [-0.05, 0) is 29.8 Å². The van der Waals surface area contributed by atoms with E-state index >= 15 is 0 Å². The lowest BCUT2D eigenvalue weighted by molar-refractivity contribution is -0.116. The summed E-state index contributed by atoms with van der Waals surface area (Å²) in [6.07, 6.45) is 1.38. The first kappa shape index (κ1) is 19.0. The summed E-state index contributed by atoms with van der Waals surface area (Å²) in [6, 6.07) is 8.60. The van der Waals surface area contributed by atoms with Crippen LogP contribution in [-0.4, -0.2) is 33.4 Å². The molecule has 0 bridgehead atoms. The van der Waals surface area contributed by atoms with E-state index in [0.29, 0.717) is 11.3 Å². The number of rotatable bonds is 4. The van der Waals surface area contributed by atoms with E-state index in [1.54, 1.807) is 6.07 Å². The number of hydrogen-bond donors (Lipinski definition) is 2. The predicted molar refractivity (Wildman–Crippen MR) is 99.8 cm³/mol. The van der Waals surface area contributed by atoms with Crippen molar-refractivity contribution in [1.82, 2.24) is 14.7 Å². The largest absolute Gasteiger partial charge is 0.501 e. The average molecular weight is 384 g/mol. The molecule has 2 amide bonds. The highest BCUT2D eigenvalue weighted by molar-refractivity contribution is 5.97. The van der Waals surface area contributed by atoms with Crippen molar-refractivity contribution >= 4 is 23.1 Å². The molecule has 9 heteroatoms. The van der Waals surface area contributed by atoms with Crippen LogP contribution in [0, 0.1) is 5.82 Å². The molecule has 0 aliphatic heterocycles. The molecule has 0 spiro atoms. The summed E-state index contributed by atoms with van der Waals surface area (Å²) in [5.74, 6) is -2.28. The molecule has 0 saturated carbocycles. The third-order valence-corrected chi connectivity index (χ3v) is 4.23. The second-order valence-electron chi connectivity index (χ2n) is 6.09. The van der Waals surface area contributed by atoms with Crippen LogP contribution in [0.15, 0.2) is 47.4 Å². The van der Waals surface area contributed by atoms with E-state index in [2.05, 4.69) is 10.3 Å². The fraction of sp³-hybridized carbons (Fsp3) is 0.158. The molecule has 144 valence electrons. The van der Waals surface area contributed by atoms with E-state index in [4.69, 9.17) is 0 Å². The molecular formula is C19H17FN4O4. The lowest BCUT2D eigenvalue weighted by atomic mass is 10.2. The summed E-state index contributed by atoms with van der Waals surface area (Å²) >= 11 is 0. The van der Waals surface area contributed by atoms with Crippen LogP contribution in [0.1, 0.15) is 23.0 Å². The van der Waals surface area contributed by atoms with Gasteiger partial charge in [0.1, 0.15) is 5.82 Å². The van der Waals surface area contributed by atoms with Gasteiger partial charge in [-0.1, -0.05) is 12.1 Å². The van der Waals surface area contributed by atoms with Gasteiger partial charge >= 0.3 is 5.56 Å². The number of halogens is 1. The number of pyridine rings is 1. The summed E-state index contributed by atoms with van der Waals surface area (Å²) in [5, 5.41) is 12.7. The Labute approximate surface area is 158 Å². The average Bonchev–Trinajstić information content (AvgIpc) is 2.69. The van der Waals surface area contributed by atoms with E-state index in [0.717, 1.165) is 4.40 Å². The zero-order valence-corrected chi connectivity index (χ0v) is 15.1. The minimum Gasteiger partial charge on any atom is -0.501 e. The predicted octanol–water partition coefficient (Wildman–Crippen LogP) is 1.45. The van der Waals surface area contributed by atoms with Crippen molar-refractivity contribution in [3.05, 3.63) is 70.0 Å². The number of nitrogens with one attached hydrogen (secondary N) is 1. The van der Waals surface area contributed by atoms with E-state index < -0.39 is 28.7 Å². The molecule has 3 rings (SSSR count). The van der Waals surface area contributed by atoms with Crippen molar-refractivity contribution in [1.29, 1.82) is 0 Å². The van der Waals surface area contributed by atoms with Gasteiger partial charge in [-0.25, -0.2) is 9.37 Å². The highest BCUT2D eigenvalue weighted by atomic mass is 19.1. The fourth-order valence-electron chi connectivity index (χ4n) is 2.60. The smallest absolute Gasteiger partial charge is 0.300 e. The van der Waals surface area contributed by atoms with Gasteiger partial charge in [0.25, 0.3) is 5.91 Å². The number of aromatic nitrogens is 2. The first-order valence-electron chi connectivity index (χ1n) is 8.31. The summed E-state index contributed by atoms with van der Waals surface area (Å²) in [6.45, 7) is 1.40. The molecule has 2 aromatic heterocycles. The molecule has 0 aliphatic rings. The maximum atomic E-state index is 13.0. The Morgan fingerprint density at radius 1 is 1.25 bits per heavy atom. The van der Waals surface area contributed by atoms with Crippen molar-refractivity contribution in [2.75, 3.05) is 11.9 Å². The molecule has 0 unspecified atom stereocenters. The van der Waals surface area contributed by atoms with Crippen LogP contribution in [0.2, 0.25) is 0 Å². The van der Waals surface area contributed by atoms with Crippen molar-refractivity contribution in [2.45, 2.75) is 13.5 Å². The van der Waals surface area contributed by atoms with Crippen molar-refractivity contribution in [2.24, 2.45) is 0 Å². The molecule has 0 aliphatic carbocycles. The molecule has 0 radical (unpaired) electrons. The zero-order valence-electron chi connectivity index (χ0n) is 15.1. The Balaban J connectivity index is 2.00. The first-order valence-corrected chi connectivity index (χ1v) is 8.31. The zero-order chi connectivity index (χ0) is 20.4. The Morgan fingerprint density at radius 2 is 1.93 bits per heavy atom. The highest BCUT2D eigenvalue weighted by Crippen LogP contribution is 2.20. The van der Waals surface area contributed by atoms with Crippen LogP contribution >= 0.6 is 0 Å². The maximum absolute atomic E-state index is 13.0. The van der Waals surface area contributed by atoms with Gasteiger partial charge in [0.05, 0.1) is 5.69 Å². The molecule has 0 saturated heterocycles. The minimum absolute atomic E-state index is 0.0502. The monoisotopic (exact) mass is 384 g/mol. The Kier molecular flexibility index (Phi) is 5.08. The quantitative estimate of drug-likeness (QED) is 0.709. The number of aromatic hydroxyl groups is 1. The fourth-order valence-corrected chi connectivity index (χ4v) is 2.60. The first-order chi connectivity index (χ1) is 13.3. The van der Waals surface area contributed by atoms with Crippen LogP contribution in [0.5, 0.6) is 5.75 Å². The summed E-state index contributed by atoms with van der Waals surface area (Å²) < 4.78 is 14.0. The number of benzene rings is 1. The van der Waals surface area contributed by atoms with Crippen LogP contribution in [0.4, 0.5) is 10.1 Å². The number of amides is 2. The van der Waals surface area contributed by atoms with E-state index in [9.17, 15) is 23.9 Å². The van der Waals surface area contributed by atoms with Gasteiger partial charge in [-0.3, -0.25) is 18.8 Å². The Morgan fingerprint density at radius 3 is 2.57 bits per heavy atom. The molecule has 1 aromatic carbocycles. The molecule has 0 fully saturated rings. The van der Waals surface area contributed by atoms with Crippen molar-refractivity contribution in [3.8, 4) is 5.75 Å². The summed E-state index contributed by atoms with van der Waals surface area (Å²) in [4.78, 5) is 42.0. The number of fused-ring (bicyclic) bond motifs is 1. The molecule has 2 heterocycles. The molecule has 2 N–H and O–H groups in total. The second kappa shape index (κ2) is 7.47. The number of anilines is 1.